The molecule has 0 radical (unpaired) electrons. The van der Waals surface area contributed by atoms with Crippen molar-refractivity contribution in [2.75, 3.05) is 0 Å². The second-order valence-corrected chi connectivity index (χ2v) is 4.25. The number of carbonyl (C=O) groups is 2. The molecule has 2 aromatic rings. The summed E-state index contributed by atoms with van der Waals surface area (Å²) in [7, 11) is 0. The Balaban J connectivity index is 2.22. The van der Waals surface area contributed by atoms with E-state index >= 15 is 0 Å². The Morgan fingerprint density at radius 2 is 1.90 bits per heavy atom. The number of hydrogen-bond acceptors (Lipinski definition) is 3. The Labute approximate surface area is 114 Å². The Kier molecular flexibility index (Phi) is 3.84. The Bertz CT molecular complexity index is 634. The average molecular weight is 276 g/mol. The molecule has 1 unspecified atom stereocenters. The summed E-state index contributed by atoms with van der Waals surface area (Å²) < 4.78 is 17.9. The van der Waals surface area contributed by atoms with Gasteiger partial charge >= 0.3 is 0 Å². The van der Waals surface area contributed by atoms with Crippen LogP contribution < -0.4 is 11.1 Å². The predicted molar refractivity (Wildman–Crippen MR) is 69.2 cm³/mol. The lowest BCUT2D eigenvalue weighted by molar-refractivity contribution is -0.120. The first-order valence-electron chi connectivity index (χ1n) is 5.89. The van der Waals surface area contributed by atoms with Crippen molar-refractivity contribution in [3.05, 3.63) is 59.3 Å². The molecule has 2 rings (SSSR count). The largest absolute Gasteiger partial charge is 0.469 e. The number of rotatable bonds is 4. The van der Waals surface area contributed by atoms with Crippen LogP contribution >= 0.6 is 0 Å². The third kappa shape index (κ3) is 2.85. The molecular weight excluding hydrogens is 263 g/mol. The van der Waals surface area contributed by atoms with Crippen LogP contribution in [0.2, 0.25) is 0 Å². The van der Waals surface area contributed by atoms with Gasteiger partial charge in [-0.15, -0.1) is 0 Å². The number of halogens is 1. The molecule has 2 amide bonds. The lowest BCUT2D eigenvalue weighted by atomic mass is 10.1. The molecule has 6 heteroatoms. The van der Waals surface area contributed by atoms with E-state index in [1.54, 1.807) is 6.92 Å². The second-order valence-electron chi connectivity index (χ2n) is 4.25. The standard InChI is InChI=1S/C14H13FN2O3/c1-8-11(6-7-20-8)14(19)17-12(13(16)18)9-2-4-10(15)5-3-9/h2-7,12H,1H3,(H2,16,18)(H,17,19). The van der Waals surface area contributed by atoms with E-state index in [4.69, 9.17) is 10.2 Å². The van der Waals surface area contributed by atoms with Crippen LogP contribution in [0.3, 0.4) is 0 Å². The smallest absolute Gasteiger partial charge is 0.255 e. The van der Waals surface area contributed by atoms with E-state index in [1.807, 2.05) is 0 Å². The van der Waals surface area contributed by atoms with Crippen molar-refractivity contribution < 1.29 is 18.4 Å². The van der Waals surface area contributed by atoms with Crippen LogP contribution in [-0.2, 0) is 4.79 Å². The zero-order chi connectivity index (χ0) is 14.7. The topological polar surface area (TPSA) is 85.3 Å². The summed E-state index contributed by atoms with van der Waals surface area (Å²) >= 11 is 0. The molecule has 1 atom stereocenters. The van der Waals surface area contributed by atoms with Gasteiger partial charge in [-0.1, -0.05) is 12.1 Å². The van der Waals surface area contributed by atoms with E-state index in [-0.39, 0.29) is 0 Å². The molecule has 3 N–H and O–H groups in total. The number of amides is 2. The molecule has 1 aromatic heterocycles. The van der Waals surface area contributed by atoms with Crippen LogP contribution in [-0.4, -0.2) is 11.8 Å². The van der Waals surface area contributed by atoms with Crippen molar-refractivity contribution in [2.45, 2.75) is 13.0 Å². The maximum Gasteiger partial charge on any atom is 0.255 e. The van der Waals surface area contributed by atoms with Crippen LogP contribution in [0.25, 0.3) is 0 Å². The molecule has 0 fully saturated rings. The van der Waals surface area contributed by atoms with Crippen molar-refractivity contribution in [2.24, 2.45) is 5.73 Å². The van der Waals surface area contributed by atoms with Gasteiger partial charge in [0.05, 0.1) is 11.8 Å². The normalized spacial score (nSPS) is 11.9. The van der Waals surface area contributed by atoms with Gasteiger partial charge in [0, 0.05) is 0 Å². The van der Waals surface area contributed by atoms with Gasteiger partial charge in [-0.2, -0.15) is 0 Å². The third-order valence-electron chi connectivity index (χ3n) is 2.87. The van der Waals surface area contributed by atoms with Gasteiger partial charge in [0.25, 0.3) is 5.91 Å². The fourth-order valence-corrected chi connectivity index (χ4v) is 1.80. The molecule has 0 aliphatic rings. The summed E-state index contributed by atoms with van der Waals surface area (Å²) in [6.07, 6.45) is 1.38. The van der Waals surface area contributed by atoms with Crippen LogP contribution in [0, 0.1) is 12.7 Å². The van der Waals surface area contributed by atoms with Gasteiger partial charge in [0.2, 0.25) is 5.91 Å². The van der Waals surface area contributed by atoms with Gasteiger partial charge in [0.1, 0.15) is 17.6 Å². The highest BCUT2D eigenvalue weighted by atomic mass is 19.1. The summed E-state index contributed by atoms with van der Waals surface area (Å²) in [6.45, 7) is 1.63. The molecule has 0 aliphatic carbocycles. The lowest BCUT2D eigenvalue weighted by Gasteiger charge is -2.15. The van der Waals surface area contributed by atoms with Crippen molar-refractivity contribution in [3.63, 3.8) is 0 Å². The number of benzene rings is 1. The molecule has 1 heterocycles. The summed E-state index contributed by atoms with van der Waals surface area (Å²) in [5.74, 6) is -1.21. The van der Waals surface area contributed by atoms with E-state index in [9.17, 15) is 14.0 Å². The van der Waals surface area contributed by atoms with Crippen molar-refractivity contribution in [3.8, 4) is 0 Å². The van der Waals surface area contributed by atoms with E-state index in [1.165, 1.54) is 36.6 Å². The molecule has 0 spiro atoms. The molecule has 0 saturated heterocycles. The Morgan fingerprint density at radius 3 is 2.40 bits per heavy atom. The Morgan fingerprint density at radius 1 is 1.25 bits per heavy atom. The summed E-state index contributed by atoms with van der Waals surface area (Å²) in [6, 6.07) is 5.65. The minimum absolute atomic E-state index is 0.318. The fourth-order valence-electron chi connectivity index (χ4n) is 1.80. The highest BCUT2D eigenvalue weighted by Crippen LogP contribution is 2.16. The van der Waals surface area contributed by atoms with Crippen molar-refractivity contribution in [1.82, 2.24) is 5.32 Å². The van der Waals surface area contributed by atoms with Gasteiger partial charge in [-0.05, 0) is 30.7 Å². The van der Waals surface area contributed by atoms with Gasteiger partial charge in [-0.25, -0.2) is 4.39 Å². The SMILES string of the molecule is Cc1occc1C(=O)NC(C(N)=O)c1ccc(F)cc1. The minimum Gasteiger partial charge on any atom is -0.469 e. The molecular formula is C14H13FN2O3. The maximum absolute atomic E-state index is 12.9. The van der Waals surface area contributed by atoms with Crippen LogP contribution in [0.4, 0.5) is 4.39 Å². The fraction of sp³-hybridized carbons (Fsp3) is 0.143. The quantitative estimate of drug-likeness (QED) is 0.891. The molecule has 1 aromatic carbocycles. The molecule has 0 aliphatic heterocycles. The first-order valence-corrected chi connectivity index (χ1v) is 5.89. The number of hydrogen-bond donors (Lipinski definition) is 2. The van der Waals surface area contributed by atoms with Gasteiger partial charge in [-0.3, -0.25) is 9.59 Å². The van der Waals surface area contributed by atoms with Crippen molar-refractivity contribution >= 4 is 11.8 Å². The van der Waals surface area contributed by atoms with Crippen molar-refractivity contribution in [1.29, 1.82) is 0 Å². The van der Waals surface area contributed by atoms with Crippen LogP contribution in [0.1, 0.15) is 27.7 Å². The van der Waals surface area contributed by atoms with Crippen LogP contribution in [0.5, 0.6) is 0 Å². The first kappa shape index (κ1) is 13.8. The first-order chi connectivity index (χ1) is 9.49. The van der Waals surface area contributed by atoms with E-state index in [2.05, 4.69) is 5.32 Å². The summed E-state index contributed by atoms with van der Waals surface area (Å²) in [5.41, 5.74) is 6.00. The molecule has 0 bridgehead atoms. The number of nitrogens with one attached hydrogen (secondary N) is 1. The minimum atomic E-state index is -1.03. The second kappa shape index (κ2) is 5.56. The van der Waals surface area contributed by atoms with Crippen LogP contribution in [0.15, 0.2) is 41.0 Å². The highest BCUT2D eigenvalue weighted by Gasteiger charge is 2.22. The van der Waals surface area contributed by atoms with E-state index < -0.39 is 23.7 Å². The number of aryl methyl sites for hydroxylation is 1. The molecule has 104 valence electrons. The molecule has 5 nitrogen and oxygen atoms in total. The monoisotopic (exact) mass is 276 g/mol. The number of primary amides is 1. The van der Waals surface area contributed by atoms with E-state index in [0.29, 0.717) is 16.9 Å². The number of carbonyl (C=O) groups excluding carboxylic acids is 2. The van der Waals surface area contributed by atoms with Gasteiger partial charge in [0.15, 0.2) is 0 Å². The van der Waals surface area contributed by atoms with Gasteiger partial charge < -0.3 is 15.5 Å². The summed E-state index contributed by atoms with van der Waals surface area (Å²) in [4.78, 5) is 23.5. The van der Waals surface area contributed by atoms with E-state index in [0.717, 1.165) is 0 Å². The zero-order valence-electron chi connectivity index (χ0n) is 10.7. The number of furan rings is 1. The molecule has 20 heavy (non-hydrogen) atoms. The average Bonchev–Trinajstić information content (AvgIpc) is 2.83. The summed E-state index contributed by atoms with van der Waals surface area (Å²) in [5, 5.41) is 2.50. The number of nitrogens with two attached hydrogens (primary N) is 1. The highest BCUT2D eigenvalue weighted by molar-refractivity contribution is 5.98. The molecule has 0 saturated carbocycles. The maximum atomic E-state index is 12.9. The predicted octanol–water partition coefficient (Wildman–Crippen LogP) is 1.68. The zero-order valence-corrected chi connectivity index (χ0v) is 10.7. The lowest BCUT2D eigenvalue weighted by Crippen LogP contribution is -2.37. The third-order valence-corrected chi connectivity index (χ3v) is 2.87. The Hall–Kier alpha value is -2.63.